The van der Waals surface area contributed by atoms with Gasteiger partial charge in [0.05, 0.1) is 0 Å². The van der Waals surface area contributed by atoms with Gasteiger partial charge in [0.1, 0.15) is 6.61 Å². The minimum Gasteiger partial charge on any atom is -0.485 e. The van der Waals surface area contributed by atoms with Crippen LogP contribution in [-0.4, -0.2) is 60.6 Å². The first-order chi connectivity index (χ1) is 11.1. The van der Waals surface area contributed by atoms with Crippen molar-refractivity contribution in [2.24, 2.45) is 0 Å². The third-order valence-electron chi connectivity index (χ3n) is 4.61. The number of carbonyl (C=O) groups excluding carboxylic acids is 1. The highest BCUT2D eigenvalue weighted by Crippen LogP contribution is 2.31. The number of hydrogen-bond donors (Lipinski definition) is 0. The van der Waals surface area contributed by atoms with Crippen molar-refractivity contribution in [1.82, 2.24) is 9.80 Å². The number of para-hydroxylation sites is 2. The van der Waals surface area contributed by atoms with Crippen LogP contribution < -0.4 is 9.47 Å². The zero-order chi connectivity index (χ0) is 16.2. The fourth-order valence-corrected chi connectivity index (χ4v) is 3.17. The van der Waals surface area contributed by atoms with Gasteiger partial charge in [-0.1, -0.05) is 12.1 Å². The molecule has 1 unspecified atom stereocenters. The van der Waals surface area contributed by atoms with E-state index in [4.69, 9.17) is 9.47 Å². The van der Waals surface area contributed by atoms with E-state index in [1.165, 1.54) is 0 Å². The predicted octanol–water partition coefficient (Wildman–Crippen LogP) is 2.16. The van der Waals surface area contributed by atoms with Crippen molar-refractivity contribution in [2.45, 2.75) is 38.8 Å². The maximum absolute atomic E-state index is 12.8. The van der Waals surface area contributed by atoms with Gasteiger partial charge in [0.25, 0.3) is 5.91 Å². The van der Waals surface area contributed by atoms with Crippen LogP contribution in [0, 0.1) is 0 Å². The van der Waals surface area contributed by atoms with Crippen molar-refractivity contribution in [1.29, 1.82) is 0 Å². The maximum Gasteiger partial charge on any atom is 0.267 e. The van der Waals surface area contributed by atoms with E-state index in [1.807, 2.05) is 29.2 Å². The molecule has 126 valence electrons. The Morgan fingerprint density at radius 1 is 1.09 bits per heavy atom. The van der Waals surface area contributed by atoms with Crippen LogP contribution in [0.25, 0.3) is 0 Å². The Balaban J connectivity index is 1.63. The summed E-state index contributed by atoms with van der Waals surface area (Å²) in [6, 6.07) is 8.04. The van der Waals surface area contributed by atoms with Gasteiger partial charge in [0, 0.05) is 25.7 Å². The predicted molar refractivity (Wildman–Crippen MR) is 88.9 cm³/mol. The van der Waals surface area contributed by atoms with Gasteiger partial charge in [-0.25, -0.2) is 0 Å². The summed E-state index contributed by atoms with van der Waals surface area (Å²) in [5.41, 5.74) is 0. The molecule has 1 aromatic rings. The number of carbonyl (C=O) groups is 1. The molecule has 5 heteroatoms. The van der Waals surface area contributed by atoms with Gasteiger partial charge in [-0.05, 0) is 45.4 Å². The average molecular weight is 318 g/mol. The molecule has 0 aromatic heterocycles. The summed E-state index contributed by atoms with van der Waals surface area (Å²) in [4.78, 5) is 17.2. The molecule has 3 rings (SSSR count). The van der Waals surface area contributed by atoms with Crippen molar-refractivity contribution >= 4 is 5.91 Å². The van der Waals surface area contributed by atoms with Gasteiger partial charge in [0.15, 0.2) is 11.5 Å². The molecule has 0 bridgehead atoms. The van der Waals surface area contributed by atoms with Crippen LogP contribution in [0.2, 0.25) is 0 Å². The molecule has 0 aliphatic carbocycles. The van der Waals surface area contributed by atoms with Crippen molar-refractivity contribution in [3.05, 3.63) is 24.3 Å². The molecule has 0 spiro atoms. The van der Waals surface area contributed by atoms with Crippen LogP contribution in [0.15, 0.2) is 24.3 Å². The van der Waals surface area contributed by atoms with Crippen molar-refractivity contribution in [2.75, 3.05) is 32.8 Å². The first-order valence-corrected chi connectivity index (χ1v) is 8.56. The Kier molecular flexibility index (Phi) is 5.06. The molecule has 1 saturated heterocycles. The van der Waals surface area contributed by atoms with E-state index in [9.17, 15) is 4.79 Å². The zero-order valence-corrected chi connectivity index (χ0v) is 14.0. The van der Waals surface area contributed by atoms with Gasteiger partial charge in [-0.2, -0.15) is 0 Å². The number of rotatable bonds is 2. The van der Waals surface area contributed by atoms with Crippen molar-refractivity contribution in [3.63, 3.8) is 0 Å². The summed E-state index contributed by atoms with van der Waals surface area (Å²) in [5, 5.41) is 0. The van der Waals surface area contributed by atoms with Gasteiger partial charge in [-0.15, -0.1) is 0 Å². The number of nitrogens with zero attached hydrogens (tertiary/aromatic N) is 2. The second-order valence-electron chi connectivity index (χ2n) is 6.53. The van der Waals surface area contributed by atoms with E-state index in [0.717, 1.165) is 44.8 Å². The smallest absolute Gasteiger partial charge is 0.267 e. The fourth-order valence-electron chi connectivity index (χ4n) is 3.17. The monoisotopic (exact) mass is 318 g/mol. The standard InChI is InChI=1S/C18H26N2O3/c1-14(2)19-9-5-6-10-20(12-11-19)18(21)17-13-22-15-7-3-4-8-16(15)23-17/h3-4,7-8,14,17H,5-6,9-13H2,1-2H3. The summed E-state index contributed by atoms with van der Waals surface area (Å²) in [6.45, 7) is 8.33. The lowest BCUT2D eigenvalue weighted by Gasteiger charge is -2.35. The quantitative estimate of drug-likeness (QED) is 0.838. The summed E-state index contributed by atoms with van der Waals surface area (Å²) >= 11 is 0. The normalized spacial score (nSPS) is 22.6. The topological polar surface area (TPSA) is 42.0 Å². The van der Waals surface area contributed by atoms with E-state index in [1.54, 1.807) is 0 Å². The third kappa shape index (κ3) is 3.78. The largest absolute Gasteiger partial charge is 0.485 e. The molecule has 0 saturated carbocycles. The van der Waals surface area contributed by atoms with Crippen molar-refractivity contribution in [3.8, 4) is 11.5 Å². The lowest BCUT2D eigenvalue weighted by Crippen LogP contribution is -2.50. The Morgan fingerprint density at radius 2 is 1.83 bits per heavy atom. The zero-order valence-electron chi connectivity index (χ0n) is 14.0. The molecule has 23 heavy (non-hydrogen) atoms. The first kappa shape index (κ1) is 16.1. The van der Waals surface area contributed by atoms with Crippen LogP contribution in [0.3, 0.4) is 0 Å². The lowest BCUT2D eigenvalue weighted by atomic mass is 10.1. The Morgan fingerprint density at radius 3 is 2.61 bits per heavy atom. The van der Waals surface area contributed by atoms with Crippen LogP contribution in [0.1, 0.15) is 26.7 Å². The minimum atomic E-state index is -0.531. The molecule has 2 aliphatic heterocycles. The highest BCUT2D eigenvalue weighted by Gasteiger charge is 2.31. The van der Waals surface area contributed by atoms with E-state index in [2.05, 4.69) is 18.7 Å². The molecule has 1 atom stereocenters. The fraction of sp³-hybridized carbons (Fsp3) is 0.611. The number of hydrogen-bond acceptors (Lipinski definition) is 4. The highest BCUT2D eigenvalue weighted by molar-refractivity contribution is 5.82. The van der Waals surface area contributed by atoms with Crippen LogP contribution >= 0.6 is 0 Å². The summed E-state index contributed by atoms with van der Waals surface area (Å²) in [7, 11) is 0. The first-order valence-electron chi connectivity index (χ1n) is 8.56. The van der Waals surface area contributed by atoms with Gasteiger partial charge in [0.2, 0.25) is 6.10 Å². The molecule has 1 fully saturated rings. The van der Waals surface area contributed by atoms with Gasteiger partial charge < -0.3 is 14.4 Å². The molecule has 2 aliphatic rings. The van der Waals surface area contributed by atoms with Gasteiger partial charge >= 0.3 is 0 Å². The van der Waals surface area contributed by atoms with E-state index >= 15 is 0 Å². The maximum atomic E-state index is 12.8. The van der Waals surface area contributed by atoms with Crippen LogP contribution in [0.4, 0.5) is 0 Å². The lowest BCUT2D eigenvalue weighted by molar-refractivity contribution is -0.141. The van der Waals surface area contributed by atoms with Crippen LogP contribution in [0.5, 0.6) is 11.5 Å². The number of ether oxygens (including phenoxy) is 2. The molecule has 1 aromatic carbocycles. The molecule has 5 nitrogen and oxygen atoms in total. The Bertz CT molecular complexity index is 547. The SMILES string of the molecule is CC(C)N1CCCCN(C(=O)C2COc3ccccc3O2)CC1. The van der Waals surface area contributed by atoms with E-state index < -0.39 is 6.10 Å². The minimum absolute atomic E-state index is 0.0464. The number of benzene rings is 1. The molecule has 0 radical (unpaired) electrons. The number of amides is 1. The van der Waals surface area contributed by atoms with Gasteiger partial charge in [-0.3, -0.25) is 9.69 Å². The van der Waals surface area contributed by atoms with Crippen LogP contribution in [-0.2, 0) is 4.79 Å². The van der Waals surface area contributed by atoms with E-state index in [0.29, 0.717) is 18.4 Å². The number of fused-ring (bicyclic) bond motifs is 1. The third-order valence-corrected chi connectivity index (χ3v) is 4.61. The van der Waals surface area contributed by atoms with Crippen molar-refractivity contribution < 1.29 is 14.3 Å². The molecule has 0 N–H and O–H groups in total. The molecule has 1 amide bonds. The molecular weight excluding hydrogens is 292 g/mol. The molecular formula is C18H26N2O3. The second kappa shape index (κ2) is 7.21. The second-order valence-corrected chi connectivity index (χ2v) is 6.53. The summed E-state index contributed by atoms with van der Waals surface area (Å²) in [6.07, 6.45) is 1.64. The van der Waals surface area contributed by atoms with E-state index in [-0.39, 0.29) is 5.91 Å². The highest BCUT2D eigenvalue weighted by atomic mass is 16.6. The summed E-state index contributed by atoms with van der Waals surface area (Å²) < 4.78 is 11.5. The Labute approximate surface area is 138 Å². The Hall–Kier alpha value is -1.75. The summed E-state index contributed by atoms with van der Waals surface area (Å²) in [5.74, 6) is 1.42. The molecule has 2 heterocycles. The average Bonchev–Trinajstić information content (AvgIpc) is 2.53.